The molecule has 2 fully saturated rings. The summed E-state index contributed by atoms with van der Waals surface area (Å²) in [6.45, 7) is 6.08. The number of ether oxygens (including phenoxy) is 3. The number of likely N-dealkylation sites (tertiary alicyclic amines) is 2. The molecule has 12 heteroatoms. The van der Waals surface area contributed by atoms with E-state index in [4.69, 9.17) is 14.2 Å². The summed E-state index contributed by atoms with van der Waals surface area (Å²) in [5.41, 5.74) is -4.68. The molecule has 236 valence electrons. The van der Waals surface area contributed by atoms with Gasteiger partial charge in [0, 0.05) is 49.2 Å². The summed E-state index contributed by atoms with van der Waals surface area (Å²) < 4.78 is 75.4. The van der Waals surface area contributed by atoms with Crippen molar-refractivity contribution in [1.82, 2.24) is 9.80 Å². The predicted octanol–water partition coefficient (Wildman–Crippen LogP) is 7.03. The minimum atomic E-state index is -5.24. The Morgan fingerprint density at radius 1 is 0.953 bits per heavy atom. The van der Waals surface area contributed by atoms with E-state index >= 15 is 0 Å². The van der Waals surface area contributed by atoms with Crippen molar-refractivity contribution in [3.63, 3.8) is 0 Å². The van der Waals surface area contributed by atoms with Gasteiger partial charge in [0.1, 0.15) is 17.2 Å². The van der Waals surface area contributed by atoms with Gasteiger partial charge in [0.05, 0.1) is 7.11 Å². The highest BCUT2D eigenvalue weighted by Crippen LogP contribution is 2.53. The van der Waals surface area contributed by atoms with Gasteiger partial charge in [0.15, 0.2) is 0 Å². The summed E-state index contributed by atoms with van der Waals surface area (Å²) in [6.07, 6.45) is -4.41. The quantitative estimate of drug-likeness (QED) is 0.319. The Hall–Kier alpha value is -2.86. The smallest absolute Gasteiger partial charge is 0.431 e. The number of nitrogens with zero attached hydrogens (tertiary/aromatic N) is 2. The Morgan fingerprint density at radius 2 is 1.56 bits per heavy atom. The normalized spacial score (nSPS) is 20.5. The van der Waals surface area contributed by atoms with Gasteiger partial charge >= 0.3 is 12.3 Å². The van der Waals surface area contributed by atoms with Gasteiger partial charge in [0.2, 0.25) is 0 Å². The molecule has 2 aromatic rings. The number of alkyl halides is 3. The molecule has 0 N–H and O–H groups in total. The SMILES string of the molecule is COc1ccccc1C1CN(C(=O)OC(C)(C)C)CCC12CCN(C(=O)C(OC)(c1cc(Br)ccc1F)C(F)(F)F)CC2. The van der Waals surface area contributed by atoms with Crippen molar-refractivity contribution in [2.45, 2.75) is 63.3 Å². The third kappa shape index (κ3) is 6.36. The summed E-state index contributed by atoms with van der Waals surface area (Å²) >= 11 is 3.09. The average molecular weight is 674 g/mol. The molecule has 1 spiro atoms. The summed E-state index contributed by atoms with van der Waals surface area (Å²) in [4.78, 5) is 29.6. The molecule has 2 saturated heterocycles. The van der Waals surface area contributed by atoms with Gasteiger partial charge in [-0.1, -0.05) is 34.1 Å². The molecule has 0 saturated carbocycles. The molecular formula is C31H37BrF4N2O5. The number of rotatable bonds is 5. The van der Waals surface area contributed by atoms with Gasteiger partial charge in [-0.15, -0.1) is 0 Å². The summed E-state index contributed by atoms with van der Waals surface area (Å²) in [5, 5.41) is 0. The summed E-state index contributed by atoms with van der Waals surface area (Å²) in [6, 6.07) is 10.5. The molecule has 0 radical (unpaired) electrons. The molecule has 4 rings (SSSR count). The molecule has 0 aliphatic carbocycles. The third-order valence-electron chi connectivity index (χ3n) is 8.55. The largest absolute Gasteiger partial charge is 0.496 e. The van der Waals surface area contributed by atoms with Crippen LogP contribution in [0.1, 0.15) is 57.1 Å². The minimum absolute atomic E-state index is 0.00622. The van der Waals surface area contributed by atoms with Crippen molar-refractivity contribution >= 4 is 27.9 Å². The maximum Gasteiger partial charge on any atom is 0.431 e. The lowest BCUT2D eigenvalue weighted by Crippen LogP contribution is -2.60. The van der Waals surface area contributed by atoms with E-state index in [9.17, 15) is 27.2 Å². The zero-order valence-corrected chi connectivity index (χ0v) is 26.5. The second-order valence-corrected chi connectivity index (χ2v) is 13.0. The minimum Gasteiger partial charge on any atom is -0.496 e. The van der Waals surface area contributed by atoms with Crippen LogP contribution in [0.2, 0.25) is 0 Å². The molecule has 2 aliphatic rings. The van der Waals surface area contributed by atoms with Crippen LogP contribution in [0.4, 0.5) is 22.4 Å². The predicted molar refractivity (Wildman–Crippen MR) is 155 cm³/mol. The molecule has 43 heavy (non-hydrogen) atoms. The first-order valence-corrected chi connectivity index (χ1v) is 14.9. The Morgan fingerprint density at radius 3 is 2.12 bits per heavy atom. The van der Waals surface area contributed by atoms with Gasteiger partial charge in [-0.05, 0) is 75.3 Å². The Kier molecular flexibility index (Phi) is 9.42. The lowest BCUT2D eigenvalue weighted by molar-refractivity contribution is -0.272. The van der Waals surface area contributed by atoms with Crippen molar-refractivity contribution < 1.29 is 41.4 Å². The van der Waals surface area contributed by atoms with E-state index in [-0.39, 0.29) is 23.5 Å². The lowest BCUT2D eigenvalue weighted by Gasteiger charge is -2.52. The number of benzene rings is 2. The molecule has 2 aromatic carbocycles. The van der Waals surface area contributed by atoms with E-state index in [1.807, 2.05) is 24.3 Å². The zero-order chi connectivity index (χ0) is 31.8. The maximum atomic E-state index is 14.9. The number of hydrogen-bond acceptors (Lipinski definition) is 5. The van der Waals surface area contributed by atoms with Crippen LogP contribution >= 0.6 is 15.9 Å². The van der Waals surface area contributed by atoms with Crippen LogP contribution < -0.4 is 4.74 Å². The van der Waals surface area contributed by atoms with Crippen molar-refractivity contribution in [3.8, 4) is 5.75 Å². The van der Waals surface area contributed by atoms with Crippen molar-refractivity contribution in [2.24, 2.45) is 5.41 Å². The van der Waals surface area contributed by atoms with Crippen LogP contribution in [0, 0.1) is 11.2 Å². The molecule has 2 aliphatic heterocycles. The van der Waals surface area contributed by atoms with Gasteiger partial charge in [-0.3, -0.25) is 4.79 Å². The van der Waals surface area contributed by atoms with E-state index in [2.05, 4.69) is 15.9 Å². The van der Waals surface area contributed by atoms with Crippen molar-refractivity contribution in [2.75, 3.05) is 40.4 Å². The first-order valence-electron chi connectivity index (χ1n) is 14.1. The molecule has 7 nitrogen and oxygen atoms in total. The average Bonchev–Trinajstić information content (AvgIpc) is 2.94. The zero-order valence-electron chi connectivity index (χ0n) is 24.9. The number of piperidine rings is 2. The van der Waals surface area contributed by atoms with Crippen LogP contribution in [0.5, 0.6) is 5.75 Å². The van der Waals surface area contributed by atoms with Crippen LogP contribution in [-0.2, 0) is 19.9 Å². The van der Waals surface area contributed by atoms with E-state index in [0.29, 0.717) is 38.1 Å². The highest BCUT2D eigenvalue weighted by Gasteiger charge is 2.65. The fourth-order valence-electron chi connectivity index (χ4n) is 6.36. The molecule has 2 unspecified atom stereocenters. The molecule has 0 aromatic heterocycles. The molecule has 2 amide bonds. The van der Waals surface area contributed by atoms with E-state index < -0.39 is 46.2 Å². The second-order valence-electron chi connectivity index (χ2n) is 12.1. The van der Waals surface area contributed by atoms with Crippen molar-refractivity contribution in [3.05, 3.63) is 63.9 Å². The van der Waals surface area contributed by atoms with Crippen LogP contribution in [0.25, 0.3) is 0 Å². The third-order valence-corrected chi connectivity index (χ3v) is 9.04. The molecular weight excluding hydrogens is 636 g/mol. The Balaban J connectivity index is 1.66. The van der Waals surface area contributed by atoms with E-state index in [0.717, 1.165) is 29.7 Å². The number of carbonyl (C=O) groups excluding carboxylic acids is 2. The van der Waals surface area contributed by atoms with E-state index in [1.54, 1.807) is 32.8 Å². The number of hydrogen-bond donors (Lipinski definition) is 0. The second kappa shape index (κ2) is 12.3. The number of halogens is 5. The summed E-state index contributed by atoms with van der Waals surface area (Å²) in [5.74, 6) is -2.17. The number of carbonyl (C=O) groups is 2. The van der Waals surface area contributed by atoms with Crippen molar-refractivity contribution in [1.29, 1.82) is 0 Å². The van der Waals surface area contributed by atoms with Gasteiger partial charge in [-0.25, -0.2) is 9.18 Å². The standard InChI is InChI=1S/C31H37BrF4N2O5/c1-28(2,3)43-27(40)38-17-14-29(23(19-38)21-8-6-7-9-25(21)41-4)12-15-37(16-13-29)26(39)30(42-5,31(34,35)36)22-18-20(32)10-11-24(22)33/h6-11,18,23H,12-17,19H2,1-5H3. The molecule has 0 bridgehead atoms. The highest BCUT2D eigenvalue weighted by molar-refractivity contribution is 9.10. The van der Waals surface area contributed by atoms with Gasteiger partial charge in [-0.2, -0.15) is 13.2 Å². The Bertz CT molecular complexity index is 1340. The number of amides is 2. The first-order chi connectivity index (χ1) is 20.1. The van der Waals surface area contributed by atoms with E-state index in [1.165, 1.54) is 6.07 Å². The van der Waals surface area contributed by atoms with Gasteiger partial charge < -0.3 is 24.0 Å². The lowest BCUT2D eigenvalue weighted by atomic mass is 9.62. The first kappa shape index (κ1) is 33.0. The number of methoxy groups -OCH3 is 2. The molecule has 2 atom stereocenters. The van der Waals surface area contributed by atoms with Crippen LogP contribution in [0.15, 0.2) is 46.9 Å². The topological polar surface area (TPSA) is 68.3 Å². The summed E-state index contributed by atoms with van der Waals surface area (Å²) in [7, 11) is 2.32. The highest BCUT2D eigenvalue weighted by atomic mass is 79.9. The Labute approximate surface area is 257 Å². The number of para-hydroxylation sites is 1. The fourth-order valence-corrected chi connectivity index (χ4v) is 6.72. The molecule has 2 heterocycles. The van der Waals surface area contributed by atoms with Crippen LogP contribution in [-0.4, -0.2) is 74.0 Å². The maximum absolute atomic E-state index is 14.9. The monoisotopic (exact) mass is 672 g/mol. The van der Waals surface area contributed by atoms with Crippen LogP contribution in [0.3, 0.4) is 0 Å². The fraction of sp³-hybridized carbons (Fsp3) is 0.548. The van der Waals surface area contributed by atoms with Gasteiger partial charge in [0.25, 0.3) is 11.5 Å².